The average Bonchev–Trinajstić information content (AvgIpc) is 3.12. The van der Waals surface area contributed by atoms with Crippen LogP contribution in [0.4, 0.5) is 0 Å². The lowest BCUT2D eigenvalue weighted by Crippen LogP contribution is -2.29. The minimum atomic E-state index is -4.30. The molecule has 0 amide bonds. The van der Waals surface area contributed by atoms with E-state index in [1.807, 2.05) is 6.08 Å². The number of phosphoric acid groups is 1. The standard InChI is InChI=1S/C43H73O8P/c1-4-7-9-11-13-15-17-19-21-22-24-26-28-30-32-34-36-38-43(45)51-41(40-50-52(46,47)49-6-3)39-48-42(44)37-35-33-31-29-27-25-23-20-18-16-14-12-10-8-5-2/h7,9,13,15,19-21,23-24,26,30,32,41H,4-6,8,10-12,14,16-18,22,25,27-29,31,33-40H2,1-3H3,(H,46,47)/b9-7-,15-13-,21-19-,23-20-,26-24-,32-30-. The largest absolute Gasteiger partial charge is 0.472 e. The highest BCUT2D eigenvalue weighted by molar-refractivity contribution is 7.47. The number of phosphoric ester groups is 1. The number of allylic oxidation sites excluding steroid dienone is 12. The second-order valence-electron chi connectivity index (χ2n) is 12.9. The number of unbranched alkanes of at least 4 members (excludes halogenated alkanes) is 12. The first-order valence-electron chi connectivity index (χ1n) is 20.2. The molecule has 0 aromatic carbocycles. The zero-order chi connectivity index (χ0) is 38.2. The number of hydrogen-bond donors (Lipinski definition) is 1. The summed E-state index contributed by atoms with van der Waals surface area (Å²) in [6.45, 7) is 5.26. The van der Waals surface area contributed by atoms with Crippen molar-refractivity contribution in [2.45, 2.75) is 168 Å². The van der Waals surface area contributed by atoms with Crippen LogP contribution >= 0.6 is 7.82 Å². The van der Waals surface area contributed by atoms with Gasteiger partial charge >= 0.3 is 19.8 Å². The Morgan fingerprint density at radius 1 is 0.538 bits per heavy atom. The van der Waals surface area contributed by atoms with E-state index in [0.717, 1.165) is 70.6 Å². The van der Waals surface area contributed by atoms with Gasteiger partial charge in [-0.05, 0) is 84.0 Å². The summed E-state index contributed by atoms with van der Waals surface area (Å²) in [6, 6.07) is 0. The highest BCUT2D eigenvalue weighted by Gasteiger charge is 2.25. The lowest BCUT2D eigenvalue weighted by Gasteiger charge is -2.19. The van der Waals surface area contributed by atoms with Crippen molar-refractivity contribution in [1.29, 1.82) is 0 Å². The Hall–Kier alpha value is -2.51. The second kappa shape index (κ2) is 38.2. The Balaban J connectivity index is 4.26. The number of hydrogen-bond acceptors (Lipinski definition) is 7. The molecule has 2 atom stereocenters. The molecule has 0 aromatic rings. The fourth-order valence-electron chi connectivity index (χ4n) is 5.07. The average molecular weight is 749 g/mol. The van der Waals surface area contributed by atoms with Crippen LogP contribution < -0.4 is 0 Å². The quantitative estimate of drug-likeness (QED) is 0.0292. The van der Waals surface area contributed by atoms with Crippen LogP contribution in [0.25, 0.3) is 0 Å². The maximum atomic E-state index is 12.5. The summed E-state index contributed by atoms with van der Waals surface area (Å²) in [5.74, 6) is -0.882. The molecule has 8 nitrogen and oxygen atoms in total. The van der Waals surface area contributed by atoms with Gasteiger partial charge in [-0.1, -0.05) is 138 Å². The second-order valence-corrected chi connectivity index (χ2v) is 14.4. The molecule has 0 saturated carbocycles. The molecule has 9 heteroatoms. The van der Waals surface area contributed by atoms with E-state index < -0.39 is 32.5 Å². The Morgan fingerprint density at radius 2 is 1.00 bits per heavy atom. The van der Waals surface area contributed by atoms with E-state index >= 15 is 0 Å². The molecule has 0 rings (SSSR count). The normalized spacial score (nSPS) is 14.2. The van der Waals surface area contributed by atoms with Gasteiger partial charge in [0.15, 0.2) is 6.10 Å². The zero-order valence-corrected chi connectivity index (χ0v) is 33.8. The van der Waals surface area contributed by atoms with Gasteiger partial charge in [-0.2, -0.15) is 0 Å². The lowest BCUT2D eigenvalue weighted by atomic mass is 10.1. The Labute approximate surface area is 317 Å². The lowest BCUT2D eigenvalue weighted by molar-refractivity contribution is -0.161. The molecule has 0 aliphatic carbocycles. The smallest absolute Gasteiger partial charge is 0.462 e. The minimum Gasteiger partial charge on any atom is -0.462 e. The van der Waals surface area contributed by atoms with Crippen molar-refractivity contribution in [2.75, 3.05) is 19.8 Å². The monoisotopic (exact) mass is 749 g/mol. The summed E-state index contributed by atoms with van der Waals surface area (Å²) in [5, 5.41) is 0. The number of carbonyl (C=O) groups is 2. The van der Waals surface area contributed by atoms with Gasteiger partial charge in [0, 0.05) is 12.8 Å². The molecular formula is C43H73O8P. The fraction of sp³-hybridized carbons (Fsp3) is 0.674. The Kier molecular flexibility index (Phi) is 36.4. The summed E-state index contributed by atoms with van der Waals surface area (Å²) in [6.07, 6.45) is 46.7. The van der Waals surface area contributed by atoms with Gasteiger partial charge in [0.05, 0.1) is 13.2 Å². The van der Waals surface area contributed by atoms with Gasteiger partial charge in [-0.3, -0.25) is 18.6 Å². The zero-order valence-electron chi connectivity index (χ0n) is 32.9. The molecule has 2 unspecified atom stereocenters. The molecule has 0 radical (unpaired) electrons. The first-order chi connectivity index (χ1) is 25.3. The van der Waals surface area contributed by atoms with Crippen LogP contribution in [0, 0.1) is 0 Å². The van der Waals surface area contributed by atoms with Crippen LogP contribution in [-0.2, 0) is 32.7 Å². The highest BCUT2D eigenvalue weighted by atomic mass is 31.2. The maximum absolute atomic E-state index is 12.5. The third-order valence-electron chi connectivity index (χ3n) is 8.00. The third kappa shape index (κ3) is 37.3. The Morgan fingerprint density at radius 3 is 1.56 bits per heavy atom. The van der Waals surface area contributed by atoms with Crippen LogP contribution in [-0.4, -0.2) is 42.8 Å². The van der Waals surface area contributed by atoms with Crippen LogP contribution in [0.2, 0.25) is 0 Å². The van der Waals surface area contributed by atoms with Gasteiger partial charge in [-0.25, -0.2) is 4.57 Å². The van der Waals surface area contributed by atoms with Crippen molar-refractivity contribution >= 4 is 19.8 Å². The van der Waals surface area contributed by atoms with Crippen molar-refractivity contribution in [2.24, 2.45) is 0 Å². The SMILES string of the molecule is CC/C=C\C/C=C\C/C=C\C/C=C\C/C=C\CCCC(=O)OC(COC(=O)CCCCCCC/C=C\CCCCCCCC)COP(=O)(O)OCC. The summed E-state index contributed by atoms with van der Waals surface area (Å²) in [7, 11) is -4.30. The molecule has 0 bridgehead atoms. The maximum Gasteiger partial charge on any atom is 0.472 e. The van der Waals surface area contributed by atoms with Crippen molar-refractivity contribution in [3.63, 3.8) is 0 Å². The molecular weight excluding hydrogens is 675 g/mol. The van der Waals surface area contributed by atoms with Gasteiger partial charge in [0.25, 0.3) is 0 Å². The summed E-state index contributed by atoms with van der Waals surface area (Å²) >= 11 is 0. The highest BCUT2D eigenvalue weighted by Crippen LogP contribution is 2.43. The molecule has 52 heavy (non-hydrogen) atoms. The Bertz CT molecular complexity index is 1080. The van der Waals surface area contributed by atoms with Gasteiger partial charge in [0.2, 0.25) is 0 Å². The van der Waals surface area contributed by atoms with Gasteiger partial charge in [-0.15, -0.1) is 0 Å². The molecule has 0 fully saturated rings. The van der Waals surface area contributed by atoms with E-state index in [9.17, 15) is 19.0 Å². The number of esters is 2. The topological polar surface area (TPSA) is 108 Å². The van der Waals surface area contributed by atoms with E-state index in [4.69, 9.17) is 18.5 Å². The molecule has 0 saturated heterocycles. The first-order valence-corrected chi connectivity index (χ1v) is 21.7. The van der Waals surface area contributed by atoms with Crippen LogP contribution in [0.1, 0.15) is 162 Å². The minimum absolute atomic E-state index is 0.0149. The van der Waals surface area contributed by atoms with Gasteiger partial charge < -0.3 is 14.4 Å². The molecule has 0 aliphatic heterocycles. The van der Waals surface area contributed by atoms with E-state index in [2.05, 4.69) is 80.7 Å². The van der Waals surface area contributed by atoms with Crippen LogP contribution in [0.15, 0.2) is 72.9 Å². The van der Waals surface area contributed by atoms with Crippen LogP contribution in [0.5, 0.6) is 0 Å². The van der Waals surface area contributed by atoms with Crippen molar-refractivity contribution < 1.29 is 37.6 Å². The number of carbonyl (C=O) groups excluding carboxylic acids is 2. The van der Waals surface area contributed by atoms with E-state index in [-0.39, 0.29) is 26.1 Å². The van der Waals surface area contributed by atoms with Crippen molar-refractivity contribution in [3.8, 4) is 0 Å². The predicted molar refractivity (Wildman–Crippen MR) is 216 cm³/mol. The fourth-order valence-corrected chi connectivity index (χ4v) is 5.83. The molecule has 1 N–H and O–H groups in total. The van der Waals surface area contributed by atoms with Crippen molar-refractivity contribution in [1.82, 2.24) is 0 Å². The molecule has 0 spiro atoms. The van der Waals surface area contributed by atoms with Gasteiger partial charge in [0.1, 0.15) is 6.61 Å². The van der Waals surface area contributed by atoms with E-state index in [0.29, 0.717) is 12.8 Å². The van der Waals surface area contributed by atoms with E-state index in [1.54, 1.807) is 6.92 Å². The summed E-state index contributed by atoms with van der Waals surface area (Å²) in [4.78, 5) is 34.6. The molecule has 0 heterocycles. The summed E-state index contributed by atoms with van der Waals surface area (Å²) in [5.41, 5.74) is 0. The van der Waals surface area contributed by atoms with Crippen LogP contribution in [0.3, 0.4) is 0 Å². The molecule has 298 valence electrons. The third-order valence-corrected chi connectivity index (χ3v) is 9.06. The molecule has 0 aliphatic rings. The molecule has 0 aromatic heterocycles. The summed E-state index contributed by atoms with van der Waals surface area (Å²) < 4.78 is 32.5. The first kappa shape index (κ1) is 49.5. The number of ether oxygens (including phenoxy) is 2. The van der Waals surface area contributed by atoms with E-state index in [1.165, 1.54) is 44.9 Å². The van der Waals surface area contributed by atoms with Crippen molar-refractivity contribution in [3.05, 3.63) is 72.9 Å². The number of rotatable bonds is 36. The predicted octanol–water partition coefficient (Wildman–Crippen LogP) is 12.6.